The molecule has 19 heavy (non-hydrogen) atoms. The first kappa shape index (κ1) is 13.2. The van der Waals surface area contributed by atoms with Crippen molar-refractivity contribution in [2.75, 3.05) is 13.7 Å². The number of hydrogen-bond donors (Lipinski definition) is 1. The molecule has 4 nitrogen and oxygen atoms in total. The summed E-state index contributed by atoms with van der Waals surface area (Å²) in [5.41, 5.74) is 1.83. The van der Waals surface area contributed by atoms with Gasteiger partial charge in [0.1, 0.15) is 5.75 Å². The summed E-state index contributed by atoms with van der Waals surface area (Å²) in [5, 5.41) is 2.90. The molecule has 0 aliphatic rings. The van der Waals surface area contributed by atoms with Crippen LogP contribution in [0.2, 0.25) is 0 Å². The number of amides is 1. The number of carbonyl (C=O) groups is 1. The largest absolute Gasteiger partial charge is 0.497 e. The van der Waals surface area contributed by atoms with E-state index in [4.69, 9.17) is 4.74 Å². The van der Waals surface area contributed by atoms with Crippen molar-refractivity contribution in [2.24, 2.45) is 7.05 Å². The van der Waals surface area contributed by atoms with Gasteiger partial charge in [-0.1, -0.05) is 6.07 Å². The molecule has 0 bridgehead atoms. The first-order valence-electron chi connectivity index (χ1n) is 6.22. The van der Waals surface area contributed by atoms with Crippen molar-refractivity contribution < 1.29 is 9.53 Å². The van der Waals surface area contributed by atoms with Gasteiger partial charge in [-0.15, -0.1) is 0 Å². The molecule has 100 valence electrons. The molecule has 4 heteroatoms. The maximum absolute atomic E-state index is 11.9. The molecular formula is C15H18N2O2. The van der Waals surface area contributed by atoms with Gasteiger partial charge < -0.3 is 14.6 Å². The highest BCUT2D eigenvalue weighted by Gasteiger charge is 2.06. The van der Waals surface area contributed by atoms with E-state index in [0.717, 1.165) is 6.42 Å². The molecule has 0 spiro atoms. The van der Waals surface area contributed by atoms with Gasteiger partial charge in [0.15, 0.2) is 0 Å². The molecule has 1 N–H and O–H groups in total. The Morgan fingerprint density at radius 3 is 2.89 bits per heavy atom. The summed E-state index contributed by atoms with van der Waals surface area (Å²) in [4.78, 5) is 11.9. The van der Waals surface area contributed by atoms with Gasteiger partial charge in [-0.3, -0.25) is 4.79 Å². The Kier molecular flexibility index (Phi) is 4.23. The van der Waals surface area contributed by atoms with E-state index in [1.807, 2.05) is 29.9 Å². The topological polar surface area (TPSA) is 43.3 Å². The summed E-state index contributed by atoms with van der Waals surface area (Å²) in [7, 11) is 3.57. The predicted molar refractivity (Wildman–Crippen MR) is 74.4 cm³/mol. The van der Waals surface area contributed by atoms with Crippen LogP contribution in [-0.2, 0) is 13.5 Å². The SMILES string of the molecule is COc1cccc(C(=O)NCCc2ccn(C)c2)c1. The summed E-state index contributed by atoms with van der Waals surface area (Å²) in [6.07, 6.45) is 4.88. The van der Waals surface area contributed by atoms with E-state index in [9.17, 15) is 4.79 Å². The van der Waals surface area contributed by atoms with Crippen molar-refractivity contribution in [3.8, 4) is 5.75 Å². The van der Waals surface area contributed by atoms with Crippen LogP contribution in [0.4, 0.5) is 0 Å². The standard InChI is InChI=1S/C15H18N2O2/c1-17-9-7-12(11-17)6-8-16-15(18)13-4-3-5-14(10-13)19-2/h3-5,7,9-11H,6,8H2,1-2H3,(H,16,18). The molecule has 1 amide bonds. The molecule has 1 aromatic carbocycles. The number of methoxy groups -OCH3 is 1. The van der Waals surface area contributed by atoms with Gasteiger partial charge in [-0.2, -0.15) is 0 Å². The van der Waals surface area contributed by atoms with Gasteiger partial charge in [0, 0.05) is 31.5 Å². The zero-order valence-corrected chi connectivity index (χ0v) is 11.2. The number of ether oxygens (including phenoxy) is 1. The zero-order valence-electron chi connectivity index (χ0n) is 11.2. The van der Waals surface area contributed by atoms with Crippen LogP contribution in [0.3, 0.4) is 0 Å². The van der Waals surface area contributed by atoms with Crippen LogP contribution in [0.15, 0.2) is 42.7 Å². The minimum absolute atomic E-state index is 0.0742. The Morgan fingerprint density at radius 2 is 2.21 bits per heavy atom. The van der Waals surface area contributed by atoms with E-state index in [2.05, 4.69) is 17.6 Å². The lowest BCUT2D eigenvalue weighted by atomic mass is 10.2. The monoisotopic (exact) mass is 258 g/mol. The Bertz CT molecular complexity index is 561. The number of hydrogen-bond acceptors (Lipinski definition) is 2. The molecular weight excluding hydrogens is 240 g/mol. The lowest BCUT2D eigenvalue weighted by Crippen LogP contribution is -2.25. The number of benzene rings is 1. The molecule has 0 radical (unpaired) electrons. The quantitative estimate of drug-likeness (QED) is 0.891. The van der Waals surface area contributed by atoms with E-state index in [1.165, 1.54) is 5.56 Å². The second kappa shape index (κ2) is 6.09. The van der Waals surface area contributed by atoms with Crippen LogP contribution in [0.1, 0.15) is 15.9 Å². The summed E-state index contributed by atoms with van der Waals surface area (Å²) in [6.45, 7) is 0.625. The Hall–Kier alpha value is -2.23. The Labute approximate surface area is 113 Å². The molecule has 0 atom stereocenters. The molecule has 1 aromatic heterocycles. The number of carbonyl (C=O) groups excluding carboxylic acids is 1. The third-order valence-electron chi connectivity index (χ3n) is 2.92. The van der Waals surface area contributed by atoms with Gasteiger partial charge in [0.05, 0.1) is 7.11 Å². The number of rotatable bonds is 5. The molecule has 0 saturated heterocycles. The fourth-order valence-electron chi connectivity index (χ4n) is 1.90. The van der Waals surface area contributed by atoms with Crippen molar-refractivity contribution in [3.05, 3.63) is 53.9 Å². The number of aryl methyl sites for hydroxylation is 1. The second-order valence-corrected chi connectivity index (χ2v) is 4.42. The van der Waals surface area contributed by atoms with Gasteiger partial charge in [-0.05, 0) is 36.2 Å². The van der Waals surface area contributed by atoms with Crippen LogP contribution in [-0.4, -0.2) is 24.1 Å². The maximum Gasteiger partial charge on any atom is 0.251 e. The first-order chi connectivity index (χ1) is 9.19. The maximum atomic E-state index is 11.9. The minimum Gasteiger partial charge on any atom is -0.497 e. The summed E-state index contributed by atoms with van der Waals surface area (Å²) in [6, 6.07) is 9.20. The third-order valence-corrected chi connectivity index (χ3v) is 2.92. The van der Waals surface area contributed by atoms with Crippen LogP contribution >= 0.6 is 0 Å². The second-order valence-electron chi connectivity index (χ2n) is 4.42. The fourth-order valence-corrected chi connectivity index (χ4v) is 1.90. The Balaban J connectivity index is 1.87. The lowest BCUT2D eigenvalue weighted by molar-refractivity contribution is 0.0954. The van der Waals surface area contributed by atoms with Gasteiger partial charge in [0.2, 0.25) is 0 Å². The highest BCUT2D eigenvalue weighted by Crippen LogP contribution is 2.12. The zero-order chi connectivity index (χ0) is 13.7. The fraction of sp³-hybridized carbons (Fsp3) is 0.267. The average molecular weight is 258 g/mol. The average Bonchev–Trinajstić information content (AvgIpc) is 2.84. The number of aromatic nitrogens is 1. The van der Waals surface area contributed by atoms with Gasteiger partial charge in [-0.25, -0.2) is 0 Å². The highest BCUT2D eigenvalue weighted by atomic mass is 16.5. The minimum atomic E-state index is -0.0742. The van der Waals surface area contributed by atoms with Crippen molar-refractivity contribution in [1.29, 1.82) is 0 Å². The van der Waals surface area contributed by atoms with Crippen LogP contribution in [0.5, 0.6) is 5.75 Å². The van der Waals surface area contributed by atoms with E-state index < -0.39 is 0 Å². The lowest BCUT2D eigenvalue weighted by Gasteiger charge is -2.06. The van der Waals surface area contributed by atoms with E-state index in [0.29, 0.717) is 17.9 Å². The molecule has 2 rings (SSSR count). The molecule has 0 saturated carbocycles. The van der Waals surface area contributed by atoms with Crippen molar-refractivity contribution in [1.82, 2.24) is 9.88 Å². The van der Waals surface area contributed by atoms with E-state index in [-0.39, 0.29) is 5.91 Å². The third kappa shape index (κ3) is 3.61. The molecule has 1 heterocycles. The molecule has 0 aliphatic heterocycles. The van der Waals surface area contributed by atoms with Gasteiger partial charge in [0.25, 0.3) is 5.91 Å². The van der Waals surface area contributed by atoms with E-state index in [1.54, 1.807) is 19.2 Å². The highest BCUT2D eigenvalue weighted by molar-refractivity contribution is 5.94. The molecule has 0 aliphatic carbocycles. The Morgan fingerprint density at radius 1 is 1.37 bits per heavy atom. The number of nitrogens with zero attached hydrogens (tertiary/aromatic N) is 1. The first-order valence-corrected chi connectivity index (χ1v) is 6.22. The summed E-state index contributed by atoms with van der Waals surface area (Å²) >= 11 is 0. The smallest absolute Gasteiger partial charge is 0.251 e. The predicted octanol–water partition coefficient (Wildman–Crippen LogP) is 2.01. The molecule has 0 unspecified atom stereocenters. The van der Waals surface area contributed by atoms with Crippen molar-refractivity contribution in [3.63, 3.8) is 0 Å². The summed E-state index contributed by atoms with van der Waals surface area (Å²) in [5.74, 6) is 0.616. The van der Waals surface area contributed by atoms with Gasteiger partial charge >= 0.3 is 0 Å². The van der Waals surface area contributed by atoms with Crippen molar-refractivity contribution in [2.45, 2.75) is 6.42 Å². The molecule has 0 fully saturated rings. The summed E-state index contributed by atoms with van der Waals surface area (Å²) < 4.78 is 7.10. The number of nitrogens with one attached hydrogen (secondary N) is 1. The van der Waals surface area contributed by atoms with Crippen LogP contribution < -0.4 is 10.1 Å². The van der Waals surface area contributed by atoms with Crippen LogP contribution in [0.25, 0.3) is 0 Å². The van der Waals surface area contributed by atoms with E-state index >= 15 is 0 Å². The van der Waals surface area contributed by atoms with Crippen LogP contribution in [0, 0.1) is 0 Å². The normalized spacial score (nSPS) is 10.2. The molecule has 2 aromatic rings. The van der Waals surface area contributed by atoms with Crippen molar-refractivity contribution >= 4 is 5.91 Å².